The van der Waals surface area contributed by atoms with Crippen molar-refractivity contribution in [2.45, 2.75) is 27.2 Å². The Morgan fingerprint density at radius 1 is 1.47 bits per heavy atom. The standard InChI is InChI=1S/C14H18N2S/c1-9-5-4-6-11-12(9)16-13(17-11)15-8-10-7-14(10,2)3/h4-6,10H,7-8H2,1-3H3,(H,15,16). The van der Waals surface area contributed by atoms with Gasteiger partial charge in [0.1, 0.15) is 0 Å². The maximum atomic E-state index is 4.67. The molecule has 1 unspecified atom stereocenters. The summed E-state index contributed by atoms with van der Waals surface area (Å²) < 4.78 is 1.28. The number of nitrogens with zero attached hydrogens (tertiary/aromatic N) is 1. The van der Waals surface area contributed by atoms with E-state index in [1.54, 1.807) is 11.3 Å². The van der Waals surface area contributed by atoms with E-state index in [0.717, 1.165) is 23.1 Å². The average molecular weight is 246 g/mol. The molecule has 1 N–H and O–H groups in total. The van der Waals surface area contributed by atoms with Gasteiger partial charge in [0.05, 0.1) is 10.2 Å². The van der Waals surface area contributed by atoms with E-state index in [9.17, 15) is 0 Å². The number of nitrogens with one attached hydrogen (secondary N) is 1. The Morgan fingerprint density at radius 2 is 2.24 bits per heavy atom. The van der Waals surface area contributed by atoms with Crippen molar-refractivity contribution in [3.63, 3.8) is 0 Å². The zero-order valence-corrected chi connectivity index (χ0v) is 11.4. The molecule has 0 spiro atoms. The van der Waals surface area contributed by atoms with Gasteiger partial charge in [-0.25, -0.2) is 4.98 Å². The number of rotatable bonds is 3. The second-order valence-corrected chi connectivity index (χ2v) is 6.74. The van der Waals surface area contributed by atoms with E-state index in [0.29, 0.717) is 5.41 Å². The van der Waals surface area contributed by atoms with Crippen molar-refractivity contribution in [3.05, 3.63) is 23.8 Å². The van der Waals surface area contributed by atoms with Crippen LogP contribution < -0.4 is 5.32 Å². The number of aromatic nitrogens is 1. The fourth-order valence-corrected chi connectivity index (χ4v) is 3.25. The van der Waals surface area contributed by atoms with Crippen molar-refractivity contribution in [3.8, 4) is 0 Å². The zero-order chi connectivity index (χ0) is 12.0. The summed E-state index contributed by atoms with van der Waals surface area (Å²) in [5.74, 6) is 0.815. The van der Waals surface area contributed by atoms with Gasteiger partial charge in [-0.15, -0.1) is 0 Å². The number of anilines is 1. The third-order valence-electron chi connectivity index (χ3n) is 3.84. The lowest BCUT2D eigenvalue weighted by Gasteiger charge is -2.03. The molecule has 2 aromatic rings. The minimum absolute atomic E-state index is 0.541. The van der Waals surface area contributed by atoms with Gasteiger partial charge >= 0.3 is 0 Å². The molecular formula is C14H18N2S. The second-order valence-electron chi connectivity index (χ2n) is 5.71. The Kier molecular flexibility index (Phi) is 2.40. The van der Waals surface area contributed by atoms with Crippen LogP contribution in [0.2, 0.25) is 0 Å². The van der Waals surface area contributed by atoms with Gasteiger partial charge in [-0.2, -0.15) is 0 Å². The Balaban J connectivity index is 1.76. The van der Waals surface area contributed by atoms with Crippen LogP contribution >= 0.6 is 11.3 Å². The van der Waals surface area contributed by atoms with Crippen LogP contribution in [0.3, 0.4) is 0 Å². The molecule has 1 fully saturated rings. The lowest BCUT2D eigenvalue weighted by atomic mass is 10.1. The van der Waals surface area contributed by atoms with Gasteiger partial charge in [-0.05, 0) is 36.3 Å². The summed E-state index contributed by atoms with van der Waals surface area (Å²) >= 11 is 1.76. The number of hydrogen-bond acceptors (Lipinski definition) is 3. The van der Waals surface area contributed by atoms with Crippen LogP contribution in [0, 0.1) is 18.3 Å². The maximum absolute atomic E-state index is 4.67. The molecule has 1 aliphatic carbocycles. The summed E-state index contributed by atoms with van der Waals surface area (Å²) in [6, 6.07) is 6.37. The van der Waals surface area contributed by atoms with Crippen LogP contribution in [-0.2, 0) is 0 Å². The van der Waals surface area contributed by atoms with Gasteiger partial charge in [0.2, 0.25) is 0 Å². The minimum atomic E-state index is 0.541. The van der Waals surface area contributed by atoms with Gasteiger partial charge in [0.25, 0.3) is 0 Å². The summed E-state index contributed by atoms with van der Waals surface area (Å²) in [6.07, 6.45) is 1.34. The molecule has 0 radical (unpaired) electrons. The topological polar surface area (TPSA) is 24.9 Å². The van der Waals surface area contributed by atoms with Crippen LogP contribution in [0.25, 0.3) is 10.2 Å². The van der Waals surface area contributed by atoms with E-state index >= 15 is 0 Å². The molecule has 1 aromatic heterocycles. The molecule has 0 amide bonds. The van der Waals surface area contributed by atoms with E-state index in [4.69, 9.17) is 0 Å². The molecule has 1 heterocycles. The van der Waals surface area contributed by atoms with Gasteiger partial charge in [-0.3, -0.25) is 0 Å². The van der Waals surface area contributed by atoms with Gasteiger partial charge < -0.3 is 5.32 Å². The third-order valence-corrected chi connectivity index (χ3v) is 4.82. The van der Waals surface area contributed by atoms with Crippen LogP contribution in [-0.4, -0.2) is 11.5 Å². The molecule has 3 heteroatoms. The minimum Gasteiger partial charge on any atom is -0.361 e. The van der Waals surface area contributed by atoms with E-state index in [1.807, 2.05) is 0 Å². The smallest absolute Gasteiger partial charge is 0.183 e. The fraction of sp³-hybridized carbons (Fsp3) is 0.500. The van der Waals surface area contributed by atoms with Crippen molar-refractivity contribution in [2.24, 2.45) is 11.3 Å². The summed E-state index contributed by atoms with van der Waals surface area (Å²) in [4.78, 5) is 4.67. The Labute approximate surface area is 106 Å². The normalized spacial score (nSPS) is 21.7. The monoisotopic (exact) mass is 246 g/mol. The molecule has 3 rings (SSSR count). The van der Waals surface area contributed by atoms with Crippen molar-refractivity contribution in [1.82, 2.24) is 4.98 Å². The Morgan fingerprint density at radius 3 is 2.88 bits per heavy atom. The maximum Gasteiger partial charge on any atom is 0.183 e. The van der Waals surface area contributed by atoms with Crippen molar-refractivity contribution in [1.29, 1.82) is 0 Å². The fourth-order valence-electron chi connectivity index (χ4n) is 2.30. The van der Waals surface area contributed by atoms with Crippen LogP contribution in [0.1, 0.15) is 25.8 Å². The van der Waals surface area contributed by atoms with E-state index in [1.165, 1.54) is 16.7 Å². The molecule has 0 aliphatic heterocycles. The third kappa shape index (κ3) is 2.04. The van der Waals surface area contributed by atoms with Crippen LogP contribution in [0.4, 0.5) is 5.13 Å². The molecule has 1 aromatic carbocycles. The molecular weight excluding hydrogens is 228 g/mol. The summed E-state index contributed by atoms with van der Waals surface area (Å²) in [6.45, 7) is 7.85. The summed E-state index contributed by atoms with van der Waals surface area (Å²) in [5, 5.41) is 4.55. The van der Waals surface area contributed by atoms with Crippen LogP contribution in [0.15, 0.2) is 18.2 Å². The molecule has 0 saturated heterocycles. The number of hydrogen-bond donors (Lipinski definition) is 1. The lowest BCUT2D eigenvalue weighted by Crippen LogP contribution is -2.06. The predicted molar refractivity (Wildman–Crippen MR) is 74.7 cm³/mol. The number of para-hydroxylation sites is 1. The molecule has 17 heavy (non-hydrogen) atoms. The summed E-state index contributed by atoms with van der Waals surface area (Å²) in [5.41, 5.74) is 2.95. The number of aryl methyl sites for hydroxylation is 1. The van der Waals surface area contributed by atoms with Crippen molar-refractivity contribution < 1.29 is 0 Å². The largest absolute Gasteiger partial charge is 0.361 e. The van der Waals surface area contributed by atoms with E-state index < -0.39 is 0 Å². The highest BCUT2D eigenvalue weighted by atomic mass is 32.1. The molecule has 1 atom stereocenters. The number of thiazole rings is 1. The predicted octanol–water partition coefficient (Wildman–Crippen LogP) is 4.06. The van der Waals surface area contributed by atoms with Crippen molar-refractivity contribution in [2.75, 3.05) is 11.9 Å². The highest BCUT2D eigenvalue weighted by molar-refractivity contribution is 7.22. The van der Waals surface area contributed by atoms with Gasteiger partial charge in [0, 0.05) is 6.54 Å². The first-order valence-electron chi connectivity index (χ1n) is 6.16. The van der Waals surface area contributed by atoms with Crippen molar-refractivity contribution >= 4 is 26.7 Å². The molecule has 0 bridgehead atoms. The van der Waals surface area contributed by atoms with Gasteiger partial charge in [-0.1, -0.05) is 37.3 Å². The van der Waals surface area contributed by atoms with Gasteiger partial charge in [0.15, 0.2) is 5.13 Å². The van der Waals surface area contributed by atoms with Crippen LogP contribution in [0.5, 0.6) is 0 Å². The SMILES string of the molecule is Cc1cccc2sc(NCC3CC3(C)C)nc12. The first kappa shape index (κ1) is 11.0. The molecule has 1 saturated carbocycles. The first-order valence-corrected chi connectivity index (χ1v) is 6.98. The Hall–Kier alpha value is -1.09. The van der Waals surface area contributed by atoms with E-state index in [2.05, 4.69) is 49.3 Å². The first-order chi connectivity index (χ1) is 8.06. The average Bonchev–Trinajstić information content (AvgIpc) is 2.73. The zero-order valence-electron chi connectivity index (χ0n) is 10.6. The molecule has 1 aliphatic rings. The molecule has 2 nitrogen and oxygen atoms in total. The Bertz CT molecular complexity index is 556. The lowest BCUT2D eigenvalue weighted by molar-refractivity contribution is 0.573. The summed E-state index contributed by atoms with van der Waals surface area (Å²) in [7, 11) is 0. The highest BCUT2D eigenvalue weighted by Gasteiger charge is 2.45. The second kappa shape index (κ2) is 3.70. The quantitative estimate of drug-likeness (QED) is 0.883. The number of fused-ring (bicyclic) bond motifs is 1. The van der Waals surface area contributed by atoms with E-state index in [-0.39, 0.29) is 0 Å². The highest BCUT2D eigenvalue weighted by Crippen LogP contribution is 2.51. The number of benzene rings is 1. The molecule has 90 valence electrons.